The number of thiol groups is 1. The Bertz CT molecular complexity index is 139. The lowest BCUT2D eigenvalue weighted by Gasteiger charge is -2.33. The van der Waals surface area contributed by atoms with Crippen molar-refractivity contribution in [2.75, 3.05) is 19.8 Å². The first-order valence-electron chi connectivity index (χ1n) is 5.73. The van der Waals surface area contributed by atoms with Gasteiger partial charge in [-0.1, -0.05) is 13.3 Å². The molecule has 0 rings (SSSR count). The molecule has 0 aromatic rings. The predicted molar refractivity (Wildman–Crippen MR) is 72.2 cm³/mol. The molecule has 0 spiro atoms. The van der Waals surface area contributed by atoms with Gasteiger partial charge in [0.2, 0.25) is 0 Å². The van der Waals surface area contributed by atoms with Crippen LogP contribution in [0.1, 0.15) is 34.1 Å². The summed E-state index contributed by atoms with van der Waals surface area (Å²) in [7, 11) is -2.90. The molecule has 1 atom stereocenters. The van der Waals surface area contributed by atoms with E-state index in [0.29, 0.717) is 25.0 Å². The summed E-state index contributed by atoms with van der Waals surface area (Å²) in [6.45, 7) is 10.1. The molecule has 0 aromatic carbocycles. The summed E-state index contributed by atoms with van der Waals surface area (Å²) < 4.78 is 17.5. The minimum atomic E-state index is -2.44. The van der Waals surface area contributed by atoms with Gasteiger partial charge >= 0.3 is 8.80 Å². The molecule has 0 aliphatic heterocycles. The van der Waals surface area contributed by atoms with E-state index in [1.165, 1.54) is 0 Å². The summed E-state index contributed by atoms with van der Waals surface area (Å²) in [6.07, 6.45) is 1.04. The van der Waals surface area contributed by atoms with Crippen LogP contribution in [0.2, 0.25) is 5.16 Å². The minimum absolute atomic E-state index is 0.431. The number of hydrogen-bond acceptors (Lipinski definition) is 4. The Morgan fingerprint density at radius 1 is 1.00 bits per heavy atom. The Hall–Kier alpha value is 0.664. The van der Waals surface area contributed by atoms with E-state index in [4.69, 9.17) is 13.3 Å². The van der Waals surface area contributed by atoms with Crippen molar-refractivity contribution in [1.82, 2.24) is 0 Å². The zero-order chi connectivity index (χ0) is 11.7. The van der Waals surface area contributed by atoms with Gasteiger partial charge in [-0.3, -0.25) is 0 Å². The van der Waals surface area contributed by atoms with E-state index in [2.05, 4.69) is 19.0 Å². The second-order valence-corrected chi connectivity index (χ2v) is 9.34. The smallest absolute Gasteiger partial charge is 0.374 e. The van der Waals surface area contributed by atoms with Crippen LogP contribution in [-0.2, 0) is 13.3 Å². The molecule has 0 saturated carbocycles. The molecule has 0 bridgehead atoms. The molecule has 6 heteroatoms. The van der Waals surface area contributed by atoms with Gasteiger partial charge in [0.15, 0.2) is 0 Å². The maximum atomic E-state index is 5.83. The molecule has 0 radical (unpaired) electrons. The molecule has 0 saturated heterocycles. The first-order chi connectivity index (χ1) is 7.20. The van der Waals surface area contributed by atoms with Crippen molar-refractivity contribution in [3.05, 3.63) is 0 Å². The highest BCUT2D eigenvalue weighted by Gasteiger charge is 2.47. The third-order valence-electron chi connectivity index (χ3n) is 2.25. The van der Waals surface area contributed by atoms with Crippen LogP contribution in [0.4, 0.5) is 0 Å². The molecule has 0 N–H and O–H groups in total. The van der Waals surface area contributed by atoms with Crippen LogP contribution in [0.15, 0.2) is 0 Å². The second-order valence-electron chi connectivity index (χ2n) is 3.19. The molecule has 0 heterocycles. The van der Waals surface area contributed by atoms with Crippen molar-refractivity contribution < 1.29 is 13.3 Å². The van der Waals surface area contributed by atoms with Gasteiger partial charge in [0.05, 0.1) is 8.67 Å². The fourth-order valence-corrected chi connectivity index (χ4v) is 9.24. The molecule has 0 aliphatic carbocycles. The van der Waals surface area contributed by atoms with Crippen LogP contribution in [0, 0.1) is 0 Å². The highest BCUT2D eigenvalue weighted by molar-refractivity contribution is 8.07. The summed E-state index contributed by atoms with van der Waals surface area (Å²) in [5, 5.41) is 0.431. The Kier molecular flexibility index (Phi) is 9.16. The average molecular weight is 269 g/mol. The zero-order valence-electron chi connectivity index (χ0n) is 10.3. The van der Waals surface area contributed by atoms with Gasteiger partial charge in [0, 0.05) is 25.0 Å². The molecular formula is C9H24O3SSi2. The SMILES string of the molecule is CCO[Si](OCC)(OCC)C(CC)[SiH2]S. The maximum absolute atomic E-state index is 5.83. The van der Waals surface area contributed by atoms with Gasteiger partial charge < -0.3 is 13.3 Å². The van der Waals surface area contributed by atoms with E-state index in [1.807, 2.05) is 20.8 Å². The number of hydrogen-bond donors (Lipinski definition) is 1. The predicted octanol–water partition coefficient (Wildman–Crippen LogP) is 1.79. The first kappa shape index (κ1) is 15.7. The van der Waals surface area contributed by atoms with E-state index >= 15 is 0 Å². The Morgan fingerprint density at radius 2 is 1.40 bits per heavy atom. The van der Waals surface area contributed by atoms with Crippen molar-refractivity contribution in [3.8, 4) is 0 Å². The Labute approximate surface area is 102 Å². The van der Waals surface area contributed by atoms with Gasteiger partial charge in [0.1, 0.15) is 0 Å². The lowest BCUT2D eigenvalue weighted by molar-refractivity contribution is 0.0676. The molecule has 0 fully saturated rings. The maximum Gasteiger partial charge on any atom is 0.501 e. The quantitative estimate of drug-likeness (QED) is 0.510. The van der Waals surface area contributed by atoms with E-state index in [9.17, 15) is 0 Å². The molecule has 3 nitrogen and oxygen atoms in total. The summed E-state index contributed by atoms with van der Waals surface area (Å²) >= 11 is 4.50. The van der Waals surface area contributed by atoms with Crippen LogP contribution >= 0.6 is 12.1 Å². The fraction of sp³-hybridized carbons (Fsp3) is 1.00. The van der Waals surface area contributed by atoms with E-state index < -0.39 is 17.5 Å². The average Bonchev–Trinajstić information content (AvgIpc) is 2.20. The lowest BCUT2D eigenvalue weighted by Crippen LogP contribution is -2.51. The van der Waals surface area contributed by atoms with Gasteiger partial charge in [-0.15, -0.1) is 0 Å². The Balaban J connectivity index is 4.71. The van der Waals surface area contributed by atoms with Crippen LogP contribution in [-0.4, -0.2) is 37.3 Å². The summed E-state index contributed by atoms with van der Waals surface area (Å²) in [5.41, 5.74) is 0. The van der Waals surface area contributed by atoms with Crippen molar-refractivity contribution in [3.63, 3.8) is 0 Å². The summed E-state index contributed by atoms with van der Waals surface area (Å²) in [5.74, 6) is 0. The molecule has 92 valence electrons. The van der Waals surface area contributed by atoms with Crippen molar-refractivity contribution in [2.45, 2.75) is 39.3 Å². The molecular weight excluding hydrogens is 244 g/mol. The standard InChI is InChI=1S/C9H24O3SSi2/c1-5-9(14-13)15(10-6-2,11-7-3)12-8-4/h9,13H,5-8,14H2,1-4H3. The van der Waals surface area contributed by atoms with Gasteiger partial charge in [-0.2, -0.15) is 0 Å². The first-order valence-corrected chi connectivity index (χ1v) is 10.9. The normalized spacial score (nSPS) is 15.0. The van der Waals surface area contributed by atoms with Crippen LogP contribution in [0.3, 0.4) is 0 Å². The fourth-order valence-electron chi connectivity index (χ4n) is 1.57. The van der Waals surface area contributed by atoms with Gasteiger partial charge in [-0.25, -0.2) is 12.1 Å². The molecule has 0 aliphatic rings. The topological polar surface area (TPSA) is 27.7 Å². The van der Waals surface area contributed by atoms with Crippen LogP contribution in [0.5, 0.6) is 0 Å². The lowest BCUT2D eigenvalue weighted by atomic mass is 10.6. The number of rotatable bonds is 9. The van der Waals surface area contributed by atoms with E-state index in [0.717, 1.165) is 6.42 Å². The highest BCUT2D eigenvalue weighted by Crippen LogP contribution is 2.28. The van der Waals surface area contributed by atoms with Crippen molar-refractivity contribution in [2.24, 2.45) is 0 Å². The van der Waals surface area contributed by atoms with Crippen LogP contribution < -0.4 is 0 Å². The largest absolute Gasteiger partial charge is 0.501 e. The molecule has 15 heavy (non-hydrogen) atoms. The second kappa shape index (κ2) is 8.77. The monoisotopic (exact) mass is 268 g/mol. The molecule has 1 unspecified atom stereocenters. The molecule has 0 amide bonds. The van der Waals surface area contributed by atoms with E-state index in [-0.39, 0.29) is 0 Å². The van der Waals surface area contributed by atoms with Gasteiger partial charge in [0.25, 0.3) is 0 Å². The van der Waals surface area contributed by atoms with E-state index in [1.54, 1.807) is 0 Å². The van der Waals surface area contributed by atoms with Gasteiger partial charge in [-0.05, 0) is 20.8 Å². The zero-order valence-corrected chi connectivity index (χ0v) is 13.6. The molecule has 0 aromatic heterocycles. The summed E-state index contributed by atoms with van der Waals surface area (Å²) in [6, 6.07) is 0. The minimum Gasteiger partial charge on any atom is -0.374 e. The Morgan fingerprint density at radius 3 is 1.60 bits per heavy atom. The van der Waals surface area contributed by atoms with Crippen LogP contribution in [0.25, 0.3) is 0 Å². The summed E-state index contributed by atoms with van der Waals surface area (Å²) in [4.78, 5) is 0. The van der Waals surface area contributed by atoms with Crippen molar-refractivity contribution in [1.29, 1.82) is 0 Å². The van der Waals surface area contributed by atoms with Crippen molar-refractivity contribution >= 4 is 29.6 Å². The third-order valence-corrected chi connectivity index (χ3v) is 11.2. The third kappa shape index (κ3) is 4.58. The highest BCUT2D eigenvalue weighted by atomic mass is 32.3.